The van der Waals surface area contributed by atoms with E-state index in [1.54, 1.807) is 0 Å². The Hall–Kier alpha value is -1.67. The van der Waals surface area contributed by atoms with Gasteiger partial charge in [0.25, 0.3) is 0 Å². The van der Waals surface area contributed by atoms with Crippen molar-refractivity contribution in [1.82, 2.24) is 10.6 Å². The molecule has 0 saturated carbocycles. The number of hydrogen-bond donors (Lipinski definition) is 5. The molecule has 0 aliphatic rings. The zero-order chi connectivity index (χ0) is 17.1. The van der Waals surface area contributed by atoms with E-state index in [1.165, 1.54) is 0 Å². The van der Waals surface area contributed by atoms with Gasteiger partial charge in [-0.2, -0.15) is 0 Å². The molecule has 0 rings (SSSR count). The molecule has 2 amide bonds. The number of aliphatic carboxylic acids is 1. The first kappa shape index (κ1) is 20.3. The molecule has 22 heavy (non-hydrogen) atoms. The number of unbranched alkanes of at least 4 members (excludes halogenated alkanes) is 1. The molecule has 0 aliphatic carbocycles. The van der Waals surface area contributed by atoms with Gasteiger partial charge in [0, 0.05) is 0 Å². The number of carbonyl (C=O) groups is 3. The van der Waals surface area contributed by atoms with Crippen LogP contribution in [0.5, 0.6) is 0 Å². The smallest absolute Gasteiger partial charge is 0.322 e. The lowest BCUT2D eigenvalue weighted by atomic mass is 10.0. The Bertz CT molecular complexity index is 374. The summed E-state index contributed by atoms with van der Waals surface area (Å²) >= 11 is 0. The van der Waals surface area contributed by atoms with Crippen LogP contribution in [0.1, 0.15) is 39.5 Å². The average molecular weight is 316 g/mol. The molecule has 128 valence electrons. The van der Waals surface area contributed by atoms with Crippen LogP contribution in [0.25, 0.3) is 0 Å². The largest absolute Gasteiger partial charge is 0.480 e. The molecule has 0 heterocycles. The van der Waals surface area contributed by atoms with E-state index in [4.69, 9.17) is 16.6 Å². The number of amides is 2. The molecule has 0 aromatic heterocycles. The van der Waals surface area contributed by atoms with Crippen LogP contribution in [0, 0.1) is 5.92 Å². The summed E-state index contributed by atoms with van der Waals surface area (Å²) in [7, 11) is 0. The van der Waals surface area contributed by atoms with Gasteiger partial charge >= 0.3 is 5.97 Å². The van der Waals surface area contributed by atoms with Gasteiger partial charge in [-0.3, -0.25) is 14.4 Å². The van der Waals surface area contributed by atoms with E-state index in [1.807, 2.05) is 13.8 Å². The van der Waals surface area contributed by atoms with Gasteiger partial charge in [-0.25, -0.2) is 0 Å². The summed E-state index contributed by atoms with van der Waals surface area (Å²) < 4.78 is 0. The van der Waals surface area contributed by atoms with E-state index in [0.717, 1.165) is 6.42 Å². The Morgan fingerprint density at radius 2 is 1.77 bits per heavy atom. The minimum atomic E-state index is -1.14. The van der Waals surface area contributed by atoms with Crippen LogP contribution in [-0.4, -0.2) is 48.1 Å². The lowest BCUT2D eigenvalue weighted by molar-refractivity contribution is -0.138. The fraction of sp³-hybridized carbons (Fsp3) is 0.786. The van der Waals surface area contributed by atoms with Gasteiger partial charge in [0.1, 0.15) is 12.6 Å². The maximum Gasteiger partial charge on any atom is 0.322 e. The Morgan fingerprint density at radius 3 is 2.27 bits per heavy atom. The Kier molecular flexibility index (Phi) is 10.1. The number of nitrogens with one attached hydrogen (secondary N) is 2. The number of carbonyl (C=O) groups excluding carboxylic acids is 2. The van der Waals surface area contributed by atoms with Crippen molar-refractivity contribution >= 4 is 17.8 Å². The molecule has 0 fully saturated rings. The molecular formula is C14H28N4O4. The SMILES string of the molecule is CC(C)CC(N)C(=O)NC(CCCCN)C(=O)NCC(=O)O. The van der Waals surface area contributed by atoms with Crippen LogP contribution in [0.15, 0.2) is 0 Å². The number of hydrogen-bond acceptors (Lipinski definition) is 5. The summed E-state index contributed by atoms with van der Waals surface area (Å²) in [6.07, 6.45) is 2.28. The van der Waals surface area contributed by atoms with E-state index in [0.29, 0.717) is 25.8 Å². The first-order valence-corrected chi connectivity index (χ1v) is 7.53. The van der Waals surface area contributed by atoms with Gasteiger partial charge in [0.05, 0.1) is 6.04 Å². The number of rotatable bonds is 11. The van der Waals surface area contributed by atoms with Crippen molar-refractivity contribution in [3.8, 4) is 0 Å². The summed E-state index contributed by atoms with van der Waals surface area (Å²) in [5.41, 5.74) is 11.2. The summed E-state index contributed by atoms with van der Waals surface area (Å²) in [5.74, 6) is -1.81. The molecule has 8 heteroatoms. The zero-order valence-corrected chi connectivity index (χ0v) is 13.3. The third-order valence-corrected chi connectivity index (χ3v) is 3.06. The normalized spacial score (nSPS) is 13.5. The predicted molar refractivity (Wildman–Crippen MR) is 82.9 cm³/mol. The fourth-order valence-corrected chi connectivity index (χ4v) is 1.94. The quantitative estimate of drug-likeness (QED) is 0.314. The predicted octanol–water partition coefficient (Wildman–Crippen LogP) is -0.826. The maximum atomic E-state index is 12.0. The Labute approximate surface area is 131 Å². The summed E-state index contributed by atoms with van der Waals surface area (Å²) in [6, 6.07) is -1.49. The summed E-state index contributed by atoms with van der Waals surface area (Å²) in [4.78, 5) is 34.5. The van der Waals surface area contributed by atoms with Crippen LogP contribution < -0.4 is 22.1 Å². The van der Waals surface area contributed by atoms with Gasteiger partial charge in [0.2, 0.25) is 11.8 Å². The highest BCUT2D eigenvalue weighted by Crippen LogP contribution is 2.05. The molecule has 0 spiro atoms. The average Bonchev–Trinajstić information content (AvgIpc) is 2.42. The molecular weight excluding hydrogens is 288 g/mol. The molecule has 0 aromatic carbocycles. The monoisotopic (exact) mass is 316 g/mol. The third kappa shape index (κ3) is 9.30. The number of nitrogens with two attached hydrogens (primary N) is 2. The highest BCUT2D eigenvalue weighted by molar-refractivity contribution is 5.90. The van der Waals surface area contributed by atoms with Crippen LogP contribution in [-0.2, 0) is 14.4 Å². The molecule has 0 radical (unpaired) electrons. The Balaban J connectivity index is 4.59. The van der Waals surface area contributed by atoms with Crippen molar-refractivity contribution in [3.63, 3.8) is 0 Å². The maximum absolute atomic E-state index is 12.0. The second-order valence-corrected chi connectivity index (χ2v) is 5.69. The topological polar surface area (TPSA) is 148 Å². The molecule has 7 N–H and O–H groups in total. The second kappa shape index (κ2) is 11.0. The fourth-order valence-electron chi connectivity index (χ4n) is 1.94. The van der Waals surface area contributed by atoms with E-state index in [-0.39, 0.29) is 5.92 Å². The van der Waals surface area contributed by atoms with E-state index in [2.05, 4.69) is 10.6 Å². The molecule has 0 bridgehead atoms. The van der Waals surface area contributed by atoms with Crippen molar-refractivity contribution in [2.45, 2.75) is 51.6 Å². The minimum Gasteiger partial charge on any atom is -0.480 e. The van der Waals surface area contributed by atoms with E-state index in [9.17, 15) is 14.4 Å². The highest BCUT2D eigenvalue weighted by Gasteiger charge is 2.24. The Morgan fingerprint density at radius 1 is 1.14 bits per heavy atom. The molecule has 0 aliphatic heterocycles. The van der Waals surface area contributed by atoms with Gasteiger partial charge in [-0.05, 0) is 38.1 Å². The molecule has 2 unspecified atom stereocenters. The van der Waals surface area contributed by atoms with Crippen LogP contribution in [0.2, 0.25) is 0 Å². The van der Waals surface area contributed by atoms with Crippen molar-refractivity contribution in [3.05, 3.63) is 0 Å². The number of carboxylic acids is 1. The summed E-state index contributed by atoms with van der Waals surface area (Å²) in [6.45, 7) is 3.90. The molecule has 0 saturated heterocycles. The molecule has 8 nitrogen and oxygen atoms in total. The van der Waals surface area contributed by atoms with Gasteiger partial charge < -0.3 is 27.2 Å². The summed E-state index contributed by atoms with van der Waals surface area (Å²) in [5, 5.41) is 13.5. The minimum absolute atomic E-state index is 0.261. The van der Waals surface area contributed by atoms with Crippen LogP contribution in [0.4, 0.5) is 0 Å². The lowest BCUT2D eigenvalue weighted by Crippen LogP contribution is -2.52. The van der Waals surface area contributed by atoms with Crippen molar-refractivity contribution in [2.75, 3.05) is 13.1 Å². The number of carboxylic acid groups (broad SMARTS) is 1. The first-order chi connectivity index (χ1) is 10.3. The standard InChI is InChI=1S/C14H28N4O4/c1-9(2)7-10(16)13(21)18-11(5-3-4-6-15)14(22)17-8-12(19)20/h9-11H,3-8,15-16H2,1-2H3,(H,17,22)(H,18,21)(H,19,20). The van der Waals surface area contributed by atoms with Crippen molar-refractivity contribution in [1.29, 1.82) is 0 Å². The second-order valence-electron chi connectivity index (χ2n) is 5.69. The van der Waals surface area contributed by atoms with E-state index >= 15 is 0 Å². The third-order valence-electron chi connectivity index (χ3n) is 3.06. The van der Waals surface area contributed by atoms with Crippen molar-refractivity contribution < 1.29 is 19.5 Å². The molecule has 0 aromatic rings. The van der Waals surface area contributed by atoms with Crippen LogP contribution in [0.3, 0.4) is 0 Å². The lowest BCUT2D eigenvalue weighted by Gasteiger charge is -2.21. The zero-order valence-electron chi connectivity index (χ0n) is 13.3. The van der Waals surface area contributed by atoms with Gasteiger partial charge in [-0.1, -0.05) is 13.8 Å². The van der Waals surface area contributed by atoms with Gasteiger partial charge in [0.15, 0.2) is 0 Å². The van der Waals surface area contributed by atoms with E-state index < -0.39 is 36.4 Å². The molecule has 2 atom stereocenters. The highest BCUT2D eigenvalue weighted by atomic mass is 16.4. The van der Waals surface area contributed by atoms with Crippen LogP contribution >= 0.6 is 0 Å². The first-order valence-electron chi connectivity index (χ1n) is 7.53. The van der Waals surface area contributed by atoms with Gasteiger partial charge in [-0.15, -0.1) is 0 Å². The van der Waals surface area contributed by atoms with Crippen molar-refractivity contribution in [2.24, 2.45) is 17.4 Å².